The first-order chi connectivity index (χ1) is 10.8. The second-order valence-electron chi connectivity index (χ2n) is 5.04. The number of benzene rings is 1. The van der Waals surface area contributed by atoms with E-state index in [4.69, 9.17) is 0 Å². The van der Waals surface area contributed by atoms with Gasteiger partial charge in [0.2, 0.25) is 0 Å². The van der Waals surface area contributed by atoms with E-state index >= 15 is 0 Å². The zero-order valence-corrected chi connectivity index (χ0v) is 12.2. The van der Waals surface area contributed by atoms with Crippen LogP contribution in [0.5, 0.6) is 0 Å². The molecule has 1 amide bonds. The van der Waals surface area contributed by atoms with Crippen molar-refractivity contribution in [2.75, 3.05) is 0 Å². The van der Waals surface area contributed by atoms with Gasteiger partial charge in [-0.1, -0.05) is 19.4 Å². The molecule has 0 bridgehead atoms. The SMILES string of the molecule is CCC[C@H](NC(=O)c1cn[nH]c1)c1ccc(F)c(C(F)(F)F)c1. The maximum Gasteiger partial charge on any atom is 0.419 e. The van der Waals surface area contributed by atoms with Gasteiger partial charge < -0.3 is 5.32 Å². The topological polar surface area (TPSA) is 57.8 Å². The number of aromatic nitrogens is 2. The summed E-state index contributed by atoms with van der Waals surface area (Å²) in [5.41, 5.74) is -0.865. The Morgan fingerprint density at radius 2 is 2.13 bits per heavy atom. The molecule has 1 aromatic carbocycles. The molecular formula is C15H15F4N3O. The number of nitrogens with one attached hydrogen (secondary N) is 2. The van der Waals surface area contributed by atoms with Crippen LogP contribution in [0.25, 0.3) is 0 Å². The first-order valence-corrected chi connectivity index (χ1v) is 6.99. The van der Waals surface area contributed by atoms with Crippen LogP contribution in [0, 0.1) is 5.82 Å². The van der Waals surface area contributed by atoms with Crippen LogP contribution >= 0.6 is 0 Å². The van der Waals surface area contributed by atoms with Crippen LogP contribution in [0.1, 0.15) is 47.3 Å². The Bertz CT molecular complexity index is 668. The van der Waals surface area contributed by atoms with E-state index in [0.29, 0.717) is 12.8 Å². The maximum absolute atomic E-state index is 13.4. The molecule has 2 N–H and O–H groups in total. The Labute approximate surface area is 129 Å². The highest BCUT2D eigenvalue weighted by Gasteiger charge is 2.34. The minimum Gasteiger partial charge on any atom is -0.345 e. The Hall–Kier alpha value is -2.38. The van der Waals surface area contributed by atoms with Crippen LogP contribution in [0.15, 0.2) is 30.6 Å². The molecule has 0 spiro atoms. The number of alkyl halides is 3. The highest BCUT2D eigenvalue weighted by atomic mass is 19.4. The molecular weight excluding hydrogens is 314 g/mol. The van der Waals surface area contributed by atoms with Crippen LogP contribution in [-0.4, -0.2) is 16.1 Å². The molecule has 2 rings (SSSR count). The Morgan fingerprint density at radius 1 is 1.39 bits per heavy atom. The highest BCUT2D eigenvalue weighted by Crippen LogP contribution is 2.33. The van der Waals surface area contributed by atoms with E-state index in [1.54, 1.807) is 0 Å². The third-order valence-corrected chi connectivity index (χ3v) is 3.34. The van der Waals surface area contributed by atoms with Crippen LogP contribution in [0.3, 0.4) is 0 Å². The molecule has 1 heterocycles. The van der Waals surface area contributed by atoms with Crippen molar-refractivity contribution in [3.8, 4) is 0 Å². The van der Waals surface area contributed by atoms with Crippen molar-refractivity contribution in [2.45, 2.75) is 32.0 Å². The second kappa shape index (κ2) is 6.80. The van der Waals surface area contributed by atoms with E-state index in [0.717, 1.165) is 12.1 Å². The van der Waals surface area contributed by atoms with Crippen LogP contribution < -0.4 is 5.32 Å². The number of carbonyl (C=O) groups is 1. The summed E-state index contributed by atoms with van der Waals surface area (Å²) >= 11 is 0. The monoisotopic (exact) mass is 329 g/mol. The molecule has 1 atom stereocenters. The fraction of sp³-hybridized carbons (Fsp3) is 0.333. The Morgan fingerprint density at radius 3 is 2.70 bits per heavy atom. The molecule has 0 radical (unpaired) electrons. The normalized spacial score (nSPS) is 12.9. The highest BCUT2D eigenvalue weighted by molar-refractivity contribution is 5.93. The maximum atomic E-state index is 13.4. The van der Waals surface area contributed by atoms with Crippen molar-refractivity contribution in [1.29, 1.82) is 0 Å². The lowest BCUT2D eigenvalue weighted by molar-refractivity contribution is -0.140. The number of hydrogen-bond donors (Lipinski definition) is 2. The second-order valence-corrected chi connectivity index (χ2v) is 5.04. The van der Waals surface area contributed by atoms with Gasteiger partial charge in [-0.2, -0.15) is 18.3 Å². The number of carbonyl (C=O) groups excluding carboxylic acids is 1. The molecule has 0 unspecified atom stereocenters. The van der Waals surface area contributed by atoms with E-state index in [2.05, 4.69) is 15.5 Å². The predicted octanol–water partition coefficient (Wildman–Crippen LogP) is 3.84. The fourth-order valence-electron chi connectivity index (χ4n) is 2.20. The van der Waals surface area contributed by atoms with Crippen molar-refractivity contribution >= 4 is 5.91 Å². The Balaban J connectivity index is 2.29. The number of nitrogens with zero attached hydrogens (tertiary/aromatic N) is 1. The summed E-state index contributed by atoms with van der Waals surface area (Å²) in [5.74, 6) is -1.80. The molecule has 124 valence electrons. The minimum atomic E-state index is -4.79. The average Bonchev–Trinajstić information content (AvgIpc) is 3.00. The fourth-order valence-corrected chi connectivity index (χ4v) is 2.20. The number of halogens is 4. The number of aromatic amines is 1. The van der Waals surface area contributed by atoms with E-state index in [1.807, 2.05) is 6.92 Å². The van der Waals surface area contributed by atoms with Gasteiger partial charge in [0.1, 0.15) is 5.82 Å². The van der Waals surface area contributed by atoms with Gasteiger partial charge >= 0.3 is 6.18 Å². The average molecular weight is 329 g/mol. The van der Waals surface area contributed by atoms with E-state index < -0.39 is 29.5 Å². The first kappa shape index (κ1) is 17.0. The standard InChI is InChI=1S/C15H15F4N3O/c1-2-3-13(22-14(23)10-7-20-21-8-10)9-4-5-12(16)11(6-9)15(17,18)19/h4-8,13H,2-3H2,1H3,(H,20,21)(H,22,23)/t13-/m0/s1. The van der Waals surface area contributed by atoms with Gasteiger partial charge in [-0.05, 0) is 24.1 Å². The predicted molar refractivity (Wildman–Crippen MR) is 75.1 cm³/mol. The molecule has 2 aromatic rings. The summed E-state index contributed by atoms with van der Waals surface area (Å²) < 4.78 is 51.9. The van der Waals surface area contributed by atoms with Gasteiger partial charge in [-0.25, -0.2) is 4.39 Å². The quantitative estimate of drug-likeness (QED) is 0.819. The van der Waals surface area contributed by atoms with Crippen molar-refractivity contribution in [2.24, 2.45) is 0 Å². The third kappa shape index (κ3) is 4.08. The summed E-state index contributed by atoms with van der Waals surface area (Å²) in [6, 6.07) is 2.11. The molecule has 0 saturated heterocycles. The van der Waals surface area contributed by atoms with E-state index in [-0.39, 0.29) is 11.1 Å². The van der Waals surface area contributed by atoms with Gasteiger partial charge in [-0.3, -0.25) is 9.89 Å². The summed E-state index contributed by atoms with van der Waals surface area (Å²) in [7, 11) is 0. The lowest BCUT2D eigenvalue weighted by Crippen LogP contribution is -2.28. The largest absolute Gasteiger partial charge is 0.419 e. The van der Waals surface area contributed by atoms with Crippen LogP contribution in [-0.2, 0) is 6.18 Å². The molecule has 1 aromatic heterocycles. The summed E-state index contributed by atoms with van der Waals surface area (Å²) in [6.45, 7) is 1.84. The van der Waals surface area contributed by atoms with Crippen molar-refractivity contribution < 1.29 is 22.4 Å². The van der Waals surface area contributed by atoms with E-state index in [9.17, 15) is 22.4 Å². The van der Waals surface area contributed by atoms with Gasteiger partial charge in [0.25, 0.3) is 5.91 Å². The van der Waals surface area contributed by atoms with Gasteiger partial charge in [0, 0.05) is 6.20 Å². The zero-order valence-electron chi connectivity index (χ0n) is 12.2. The molecule has 0 aliphatic carbocycles. The van der Waals surface area contributed by atoms with Crippen molar-refractivity contribution in [1.82, 2.24) is 15.5 Å². The van der Waals surface area contributed by atoms with Gasteiger partial charge in [-0.15, -0.1) is 0 Å². The van der Waals surface area contributed by atoms with E-state index in [1.165, 1.54) is 18.5 Å². The molecule has 8 heteroatoms. The van der Waals surface area contributed by atoms with Crippen molar-refractivity contribution in [3.05, 3.63) is 53.1 Å². The summed E-state index contributed by atoms with van der Waals surface area (Å²) in [6.07, 6.45) is -1.04. The lowest BCUT2D eigenvalue weighted by Gasteiger charge is -2.20. The summed E-state index contributed by atoms with van der Waals surface area (Å²) in [5, 5.41) is 8.77. The first-order valence-electron chi connectivity index (χ1n) is 6.99. The lowest BCUT2D eigenvalue weighted by atomic mass is 9.99. The number of hydrogen-bond acceptors (Lipinski definition) is 2. The third-order valence-electron chi connectivity index (χ3n) is 3.34. The van der Waals surface area contributed by atoms with Crippen LogP contribution in [0.4, 0.5) is 17.6 Å². The smallest absolute Gasteiger partial charge is 0.345 e. The minimum absolute atomic E-state index is 0.206. The Kier molecular flexibility index (Phi) is 5.02. The molecule has 23 heavy (non-hydrogen) atoms. The van der Waals surface area contributed by atoms with Gasteiger partial charge in [0.15, 0.2) is 0 Å². The molecule has 0 saturated carbocycles. The molecule has 0 aliphatic rings. The summed E-state index contributed by atoms with van der Waals surface area (Å²) in [4.78, 5) is 12.0. The number of amides is 1. The zero-order chi connectivity index (χ0) is 17.0. The van der Waals surface area contributed by atoms with Crippen molar-refractivity contribution in [3.63, 3.8) is 0 Å². The molecule has 0 aliphatic heterocycles. The number of rotatable bonds is 5. The van der Waals surface area contributed by atoms with Crippen LogP contribution in [0.2, 0.25) is 0 Å². The van der Waals surface area contributed by atoms with Gasteiger partial charge in [0.05, 0.1) is 23.4 Å². The molecule has 0 fully saturated rings. The molecule has 4 nitrogen and oxygen atoms in total. The number of H-pyrrole nitrogens is 1.